The molecular weight excluding hydrogens is 615 g/mol. The van der Waals surface area contributed by atoms with Crippen LogP contribution in [0.5, 0.6) is 0 Å². The van der Waals surface area contributed by atoms with Crippen molar-refractivity contribution in [2.24, 2.45) is 5.92 Å². The lowest BCUT2D eigenvalue weighted by Gasteiger charge is -2.25. The molecule has 50 heavy (non-hydrogen) atoms. The summed E-state index contributed by atoms with van der Waals surface area (Å²) >= 11 is 0. The van der Waals surface area contributed by atoms with Gasteiger partial charge in [0.15, 0.2) is 0 Å². The molecule has 3 aromatic heterocycles. The molecule has 0 spiro atoms. The van der Waals surface area contributed by atoms with Crippen LogP contribution in [0.15, 0.2) is 142 Å². The van der Waals surface area contributed by atoms with Crippen molar-refractivity contribution in [1.29, 1.82) is 10.5 Å². The highest BCUT2D eigenvalue weighted by molar-refractivity contribution is 6.18. The SMILES string of the molecule is CC1C=C(c2ccc3oc4cc5c(cc4c3c2)oc2ccc(-c3ccc(C#N)cc3)cc25)C(n2c3ccccc3c3ccccc32)=C(C#N)C1. The van der Waals surface area contributed by atoms with E-state index in [9.17, 15) is 10.5 Å². The zero-order chi connectivity index (χ0) is 33.5. The lowest BCUT2D eigenvalue weighted by Crippen LogP contribution is -2.11. The topological polar surface area (TPSA) is 78.8 Å². The van der Waals surface area contributed by atoms with Crippen molar-refractivity contribution in [3.8, 4) is 23.3 Å². The van der Waals surface area contributed by atoms with Gasteiger partial charge in [0.1, 0.15) is 22.3 Å². The Labute approximate surface area is 286 Å². The number of fused-ring (bicyclic) bond motifs is 9. The summed E-state index contributed by atoms with van der Waals surface area (Å²) in [4.78, 5) is 0. The van der Waals surface area contributed by atoms with Crippen LogP contribution in [0.3, 0.4) is 0 Å². The van der Waals surface area contributed by atoms with Crippen molar-refractivity contribution >= 4 is 77.0 Å². The fourth-order valence-corrected chi connectivity index (χ4v) is 7.88. The Hall–Kier alpha value is -6.82. The number of furan rings is 2. The molecule has 1 aliphatic rings. The summed E-state index contributed by atoms with van der Waals surface area (Å²) in [6.07, 6.45) is 3.00. The van der Waals surface area contributed by atoms with E-state index in [4.69, 9.17) is 8.83 Å². The van der Waals surface area contributed by atoms with Gasteiger partial charge in [-0.15, -0.1) is 0 Å². The first kappa shape index (κ1) is 28.2. The molecule has 6 aromatic carbocycles. The van der Waals surface area contributed by atoms with Crippen molar-refractivity contribution < 1.29 is 8.83 Å². The van der Waals surface area contributed by atoms with Gasteiger partial charge in [0.25, 0.3) is 0 Å². The first-order valence-corrected chi connectivity index (χ1v) is 16.8. The molecule has 0 amide bonds. The van der Waals surface area contributed by atoms with Gasteiger partial charge in [-0.2, -0.15) is 10.5 Å². The van der Waals surface area contributed by atoms with Gasteiger partial charge in [0.2, 0.25) is 0 Å². The third-order valence-corrected chi connectivity index (χ3v) is 10.2. The summed E-state index contributed by atoms with van der Waals surface area (Å²) in [5.41, 5.74) is 11.9. The van der Waals surface area contributed by atoms with Gasteiger partial charge in [-0.05, 0) is 89.7 Å². The van der Waals surface area contributed by atoms with E-state index in [0.29, 0.717) is 12.0 Å². The number of hydrogen-bond donors (Lipinski definition) is 0. The van der Waals surface area contributed by atoms with Gasteiger partial charge in [-0.25, -0.2) is 0 Å². The van der Waals surface area contributed by atoms with Gasteiger partial charge < -0.3 is 13.4 Å². The van der Waals surface area contributed by atoms with Crippen LogP contribution in [0, 0.1) is 28.6 Å². The zero-order valence-electron chi connectivity index (χ0n) is 27.1. The predicted octanol–water partition coefficient (Wildman–Crippen LogP) is 12.0. The summed E-state index contributed by atoms with van der Waals surface area (Å²) < 4.78 is 15.2. The average molecular weight is 642 g/mol. The summed E-state index contributed by atoms with van der Waals surface area (Å²) in [7, 11) is 0. The van der Waals surface area contributed by atoms with Crippen LogP contribution < -0.4 is 0 Å². The second-order valence-corrected chi connectivity index (χ2v) is 13.2. The maximum atomic E-state index is 10.5. The molecule has 1 unspecified atom stereocenters. The molecule has 0 N–H and O–H groups in total. The third kappa shape index (κ3) is 4.11. The minimum absolute atomic E-state index is 0.206. The normalized spacial score (nSPS) is 15.0. The maximum Gasteiger partial charge on any atom is 0.136 e. The Morgan fingerprint density at radius 2 is 1.10 bits per heavy atom. The van der Waals surface area contributed by atoms with E-state index in [1.807, 2.05) is 36.4 Å². The first-order valence-electron chi connectivity index (χ1n) is 16.8. The Kier molecular flexibility index (Phi) is 5.98. The molecule has 0 saturated carbocycles. The van der Waals surface area contributed by atoms with Crippen LogP contribution in [0.4, 0.5) is 0 Å². The Balaban J connectivity index is 1.15. The van der Waals surface area contributed by atoms with Crippen LogP contribution in [-0.4, -0.2) is 4.57 Å². The van der Waals surface area contributed by atoms with Gasteiger partial charge >= 0.3 is 0 Å². The number of nitrogens with zero attached hydrogens (tertiary/aromatic N) is 3. The van der Waals surface area contributed by atoms with E-state index in [2.05, 4.69) is 115 Å². The van der Waals surface area contributed by atoms with Crippen molar-refractivity contribution in [1.82, 2.24) is 4.57 Å². The van der Waals surface area contributed by atoms with Crippen molar-refractivity contribution in [3.05, 3.63) is 144 Å². The van der Waals surface area contributed by atoms with E-state index in [1.54, 1.807) is 0 Å². The van der Waals surface area contributed by atoms with E-state index in [-0.39, 0.29) is 5.92 Å². The summed E-state index contributed by atoms with van der Waals surface area (Å²) in [5.74, 6) is 0.206. The molecule has 10 rings (SSSR count). The standard InChI is InChI=1S/C45H27N3O2/c1-26-18-31(25-47)45(48-39-8-4-2-6-32(39)33-7-3-5-9-40(33)48)34(19-26)30-15-17-42-36(21-30)38-23-43-37(22-44(38)50-42)35-20-29(14-16-41(35)49-43)28-12-10-27(24-46)11-13-28/h2-17,19-23,26H,18H2,1H3. The number of benzene rings is 6. The third-order valence-electron chi connectivity index (χ3n) is 10.2. The number of hydrogen-bond acceptors (Lipinski definition) is 4. The molecule has 3 heterocycles. The monoisotopic (exact) mass is 641 g/mol. The fourth-order valence-electron chi connectivity index (χ4n) is 7.88. The van der Waals surface area contributed by atoms with Crippen molar-refractivity contribution in [3.63, 3.8) is 0 Å². The molecule has 1 aliphatic carbocycles. The van der Waals surface area contributed by atoms with Crippen LogP contribution >= 0.6 is 0 Å². The van der Waals surface area contributed by atoms with Gasteiger partial charge in [-0.1, -0.05) is 73.7 Å². The molecule has 9 aromatic rings. The van der Waals surface area contributed by atoms with E-state index in [1.165, 1.54) is 10.8 Å². The van der Waals surface area contributed by atoms with E-state index < -0.39 is 0 Å². The Morgan fingerprint density at radius 1 is 0.560 bits per heavy atom. The first-order chi connectivity index (χ1) is 24.6. The van der Waals surface area contributed by atoms with Gasteiger partial charge in [0.05, 0.1) is 40.0 Å². The number of para-hydroxylation sites is 2. The number of aromatic nitrogens is 1. The minimum atomic E-state index is 0.206. The van der Waals surface area contributed by atoms with Crippen LogP contribution in [0.25, 0.3) is 88.1 Å². The van der Waals surface area contributed by atoms with Crippen molar-refractivity contribution in [2.75, 3.05) is 0 Å². The molecule has 0 bridgehead atoms. The zero-order valence-corrected chi connectivity index (χ0v) is 27.1. The summed E-state index contributed by atoms with van der Waals surface area (Å²) in [5, 5.41) is 26.1. The Bertz CT molecular complexity index is 2990. The molecule has 0 radical (unpaired) electrons. The lowest BCUT2D eigenvalue weighted by molar-refractivity contribution is 0.664. The van der Waals surface area contributed by atoms with E-state index >= 15 is 0 Å². The molecule has 1 atom stereocenters. The lowest BCUT2D eigenvalue weighted by atomic mass is 9.85. The predicted molar refractivity (Wildman–Crippen MR) is 201 cm³/mol. The molecular formula is C45H27N3O2. The molecule has 5 nitrogen and oxygen atoms in total. The van der Waals surface area contributed by atoms with E-state index in [0.717, 1.165) is 88.4 Å². The van der Waals surface area contributed by atoms with Crippen molar-refractivity contribution in [2.45, 2.75) is 13.3 Å². The van der Waals surface area contributed by atoms with Crippen LogP contribution in [0.1, 0.15) is 24.5 Å². The number of rotatable bonds is 3. The van der Waals surface area contributed by atoms with Crippen LogP contribution in [-0.2, 0) is 0 Å². The smallest absolute Gasteiger partial charge is 0.136 e. The Morgan fingerprint density at radius 3 is 1.70 bits per heavy atom. The highest BCUT2D eigenvalue weighted by Gasteiger charge is 2.26. The minimum Gasteiger partial charge on any atom is -0.456 e. The fraction of sp³-hybridized carbons (Fsp3) is 0.0667. The van der Waals surface area contributed by atoms with Crippen LogP contribution in [0.2, 0.25) is 0 Å². The quantitative estimate of drug-likeness (QED) is 0.192. The molecule has 5 heteroatoms. The number of nitriles is 2. The largest absolute Gasteiger partial charge is 0.456 e. The molecule has 0 fully saturated rings. The summed E-state index contributed by atoms with van der Waals surface area (Å²) in [6.45, 7) is 2.18. The molecule has 0 saturated heterocycles. The van der Waals surface area contributed by atoms with Gasteiger partial charge in [0, 0.05) is 37.9 Å². The second kappa shape index (κ2) is 10.6. The number of allylic oxidation sites excluding steroid dienone is 4. The highest BCUT2D eigenvalue weighted by Crippen LogP contribution is 2.44. The highest BCUT2D eigenvalue weighted by atomic mass is 16.3. The molecule has 234 valence electrons. The second-order valence-electron chi connectivity index (χ2n) is 13.2. The average Bonchev–Trinajstić information content (AvgIpc) is 3.82. The summed E-state index contributed by atoms with van der Waals surface area (Å²) in [6, 6.07) is 46.0. The van der Waals surface area contributed by atoms with Gasteiger partial charge in [-0.3, -0.25) is 0 Å². The molecule has 0 aliphatic heterocycles. The maximum absolute atomic E-state index is 10.5.